The number of carbonyl (C=O) groups is 2. The van der Waals surface area contributed by atoms with Crippen molar-refractivity contribution in [3.63, 3.8) is 0 Å². The molecule has 0 radical (unpaired) electrons. The van der Waals surface area contributed by atoms with Crippen molar-refractivity contribution < 1.29 is 23.8 Å². The minimum absolute atomic E-state index is 0.184. The summed E-state index contributed by atoms with van der Waals surface area (Å²) >= 11 is 0. The van der Waals surface area contributed by atoms with Crippen LogP contribution in [0.25, 0.3) is 6.08 Å². The Hall–Kier alpha value is -3.93. The number of carboxylic acids is 1. The lowest BCUT2D eigenvalue weighted by Crippen LogP contribution is -2.27. The van der Waals surface area contributed by atoms with Gasteiger partial charge in [-0.15, -0.1) is 0 Å². The van der Waals surface area contributed by atoms with Crippen LogP contribution in [0.3, 0.4) is 0 Å². The summed E-state index contributed by atoms with van der Waals surface area (Å²) in [7, 11) is 0. The molecule has 3 aromatic rings. The maximum absolute atomic E-state index is 13.0. The van der Waals surface area contributed by atoms with Crippen LogP contribution in [0.4, 0.5) is 4.39 Å². The van der Waals surface area contributed by atoms with Crippen LogP contribution in [0.5, 0.6) is 5.75 Å². The van der Waals surface area contributed by atoms with Gasteiger partial charge in [-0.2, -0.15) is 0 Å². The van der Waals surface area contributed by atoms with E-state index in [2.05, 4.69) is 5.32 Å². The van der Waals surface area contributed by atoms with E-state index in [1.54, 1.807) is 66.7 Å². The van der Waals surface area contributed by atoms with Crippen molar-refractivity contribution in [2.24, 2.45) is 0 Å². The number of nitrogens with one attached hydrogen (secondary N) is 1. The molecule has 0 heterocycles. The zero-order chi connectivity index (χ0) is 20.6. The van der Waals surface area contributed by atoms with Gasteiger partial charge in [-0.1, -0.05) is 48.5 Å². The Morgan fingerprint density at radius 1 is 0.931 bits per heavy atom. The summed E-state index contributed by atoms with van der Waals surface area (Å²) in [4.78, 5) is 23.9. The highest BCUT2D eigenvalue weighted by Crippen LogP contribution is 2.22. The minimum Gasteiger partial charge on any atom is -0.488 e. The smallest absolute Gasteiger partial charge is 0.352 e. The van der Waals surface area contributed by atoms with E-state index in [9.17, 15) is 19.1 Å². The van der Waals surface area contributed by atoms with E-state index in [-0.39, 0.29) is 18.1 Å². The first-order valence-corrected chi connectivity index (χ1v) is 8.80. The maximum Gasteiger partial charge on any atom is 0.352 e. The number of hydrogen-bond donors (Lipinski definition) is 2. The largest absolute Gasteiger partial charge is 0.488 e. The Labute approximate surface area is 167 Å². The zero-order valence-electron chi connectivity index (χ0n) is 15.3. The predicted octanol–water partition coefficient (Wildman–Crippen LogP) is 4.26. The maximum atomic E-state index is 13.0. The number of carbonyl (C=O) groups excluding carboxylic acids is 1. The fraction of sp³-hybridized carbons (Fsp3) is 0.0435. The van der Waals surface area contributed by atoms with Gasteiger partial charge in [0.15, 0.2) is 0 Å². The third-order valence-electron chi connectivity index (χ3n) is 4.04. The van der Waals surface area contributed by atoms with Crippen molar-refractivity contribution in [2.45, 2.75) is 6.61 Å². The molecule has 0 fully saturated rings. The molecule has 6 heteroatoms. The van der Waals surface area contributed by atoms with Gasteiger partial charge in [-0.3, -0.25) is 4.79 Å². The molecule has 146 valence electrons. The zero-order valence-corrected chi connectivity index (χ0v) is 15.3. The van der Waals surface area contributed by atoms with Crippen molar-refractivity contribution in [1.29, 1.82) is 0 Å². The van der Waals surface area contributed by atoms with Gasteiger partial charge in [-0.05, 0) is 42.0 Å². The molecule has 3 rings (SSSR count). The lowest BCUT2D eigenvalue weighted by atomic mass is 10.1. The number of para-hydroxylation sites is 1. The van der Waals surface area contributed by atoms with Gasteiger partial charge < -0.3 is 15.2 Å². The molecule has 2 N–H and O–H groups in total. The van der Waals surface area contributed by atoms with Crippen LogP contribution in [-0.2, 0) is 11.4 Å². The van der Waals surface area contributed by atoms with Crippen molar-refractivity contribution in [1.82, 2.24) is 5.32 Å². The van der Waals surface area contributed by atoms with Crippen LogP contribution >= 0.6 is 0 Å². The number of hydrogen-bond acceptors (Lipinski definition) is 3. The normalized spacial score (nSPS) is 11.0. The van der Waals surface area contributed by atoms with Crippen LogP contribution in [0.1, 0.15) is 21.5 Å². The fourth-order valence-electron chi connectivity index (χ4n) is 2.56. The summed E-state index contributed by atoms with van der Waals surface area (Å²) in [5.41, 5.74) is 1.32. The number of ether oxygens (including phenoxy) is 1. The number of carboxylic acid groups (broad SMARTS) is 1. The second kappa shape index (κ2) is 9.32. The van der Waals surface area contributed by atoms with Gasteiger partial charge >= 0.3 is 5.97 Å². The number of rotatable bonds is 7. The van der Waals surface area contributed by atoms with E-state index in [4.69, 9.17) is 4.74 Å². The van der Waals surface area contributed by atoms with E-state index in [1.165, 1.54) is 18.2 Å². The van der Waals surface area contributed by atoms with Gasteiger partial charge in [0.25, 0.3) is 5.91 Å². The Morgan fingerprint density at radius 2 is 1.59 bits per heavy atom. The first-order valence-electron chi connectivity index (χ1n) is 8.80. The first kappa shape index (κ1) is 19.8. The molecule has 0 aromatic heterocycles. The number of halogens is 1. The molecule has 5 nitrogen and oxygen atoms in total. The first-order chi connectivity index (χ1) is 14.0. The van der Waals surface area contributed by atoms with E-state index in [1.807, 2.05) is 0 Å². The Balaban J connectivity index is 1.80. The van der Waals surface area contributed by atoms with Gasteiger partial charge in [-0.25, -0.2) is 9.18 Å². The molecule has 0 bridgehead atoms. The fourth-order valence-corrected chi connectivity index (χ4v) is 2.56. The molecule has 0 saturated heterocycles. The monoisotopic (exact) mass is 391 g/mol. The molecule has 29 heavy (non-hydrogen) atoms. The van der Waals surface area contributed by atoms with Crippen LogP contribution in [0.15, 0.2) is 84.6 Å². The lowest BCUT2D eigenvalue weighted by Gasteiger charge is -2.11. The van der Waals surface area contributed by atoms with Gasteiger partial charge in [0.1, 0.15) is 23.9 Å². The van der Waals surface area contributed by atoms with Crippen molar-refractivity contribution in [2.75, 3.05) is 0 Å². The molecular formula is C23H18FNO4. The Bertz CT molecular complexity index is 1030. The molecule has 0 aliphatic heterocycles. The average Bonchev–Trinajstić information content (AvgIpc) is 2.74. The molecule has 0 spiro atoms. The summed E-state index contributed by atoms with van der Waals surface area (Å²) < 4.78 is 18.8. The highest BCUT2D eigenvalue weighted by atomic mass is 19.1. The summed E-state index contributed by atoms with van der Waals surface area (Å²) in [5.74, 6) is -1.70. The molecule has 0 atom stereocenters. The van der Waals surface area contributed by atoms with E-state index in [0.29, 0.717) is 16.9 Å². The van der Waals surface area contributed by atoms with Gasteiger partial charge in [0, 0.05) is 11.1 Å². The van der Waals surface area contributed by atoms with Crippen molar-refractivity contribution in [3.8, 4) is 5.75 Å². The van der Waals surface area contributed by atoms with E-state index < -0.39 is 11.9 Å². The van der Waals surface area contributed by atoms with Gasteiger partial charge in [0.05, 0.1) is 0 Å². The van der Waals surface area contributed by atoms with Crippen LogP contribution in [0.2, 0.25) is 0 Å². The number of benzene rings is 3. The van der Waals surface area contributed by atoms with Crippen LogP contribution < -0.4 is 10.1 Å². The van der Waals surface area contributed by atoms with Crippen molar-refractivity contribution in [3.05, 3.63) is 107 Å². The summed E-state index contributed by atoms with van der Waals surface area (Å²) in [6.07, 6.45) is 1.34. The Kier molecular flexibility index (Phi) is 6.37. The SMILES string of the molecule is O=C(O)/C(=C\c1ccccc1OCc1ccc(F)cc1)NC(=O)c1ccccc1. The second-order valence-corrected chi connectivity index (χ2v) is 6.14. The summed E-state index contributed by atoms with van der Waals surface area (Å²) in [6, 6.07) is 21.1. The van der Waals surface area contributed by atoms with Crippen LogP contribution in [-0.4, -0.2) is 17.0 Å². The molecule has 0 unspecified atom stereocenters. The summed E-state index contributed by atoms with van der Waals surface area (Å²) in [5, 5.41) is 11.9. The van der Waals surface area contributed by atoms with E-state index >= 15 is 0 Å². The standard InChI is InChI=1S/C23H18FNO4/c24-19-12-10-16(11-13-19)15-29-21-9-5-4-8-18(21)14-20(23(27)28)25-22(26)17-6-2-1-3-7-17/h1-14H,15H2,(H,25,26)(H,27,28)/b20-14+. The molecule has 0 saturated carbocycles. The van der Waals surface area contributed by atoms with Gasteiger partial charge in [0.2, 0.25) is 0 Å². The highest BCUT2D eigenvalue weighted by molar-refractivity contribution is 6.02. The van der Waals surface area contributed by atoms with E-state index in [0.717, 1.165) is 5.56 Å². The topological polar surface area (TPSA) is 75.6 Å². The average molecular weight is 391 g/mol. The second-order valence-electron chi connectivity index (χ2n) is 6.14. The minimum atomic E-state index is -1.28. The highest BCUT2D eigenvalue weighted by Gasteiger charge is 2.14. The van der Waals surface area contributed by atoms with Crippen LogP contribution in [0, 0.1) is 5.82 Å². The van der Waals surface area contributed by atoms with Crippen molar-refractivity contribution >= 4 is 18.0 Å². The molecule has 3 aromatic carbocycles. The summed E-state index contributed by atoms with van der Waals surface area (Å²) in [6.45, 7) is 0.184. The molecule has 1 amide bonds. The lowest BCUT2D eigenvalue weighted by molar-refractivity contribution is -0.132. The number of aliphatic carboxylic acids is 1. The number of amides is 1. The predicted molar refractivity (Wildman–Crippen MR) is 107 cm³/mol. The molecular weight excluding hydrogens is 373 g/mol. The quantitative estimate of drug-likeness (QED) is 0.590. The Morgan fingerprint density at radius 3 is 2.28 bits per heavy atom. The molecule has 0 aliphatic carbocycles. The molecule has 0 aliphatic rings. The third-order valence-corrected chi connectivity index (χ3v) is 4.04. The third kappa shape index (κ3) is 5.52.